The lowest BCUT2D eigenvalue weighted by Gasteiger charge is -2.31. The Bertz CT molecular complexity index is 968. The van der Waals surface area contributed by atoms with Crippen molar-refractivity contribution in [1.82, 2.24) is 14.6 Å². The highest BCUT2D eigenvalue weighted by Gasteiger charge is 2.26. The van der Waals surface area contributed by atoms with Gasteiger partial charge in [0.15, 0.2) is 5.43 Å². The number of nitrogens with one attached hydrogen (secondary N) is 2. The molecule has 2 aromatic rings. The van der Waals surface area contributed by atoms with E-state index in [1.165, 1.54) is 10.6 Å². The lowest BCUT2D eigenvalue weighted by atomic mass is 10.1. The largest absolute Gasteiger partial charge is 0.374 e. The first-order valence-electron chi connectivity index (χ1n) is 8.64. The Kier molecular flexibility index (Phi) is 5.47. The molecule has 8 heteroatoms. The predicted molar refractivity (Wildman–Crippen MR) is 102 cm³/mol. The first-order valence-corrected chi connectivity index (χ1v) is 10.5. The van der Waals surface area contributed by atoms with Crippen LogP contribution in [-0.2, 0) is 21.3 Å². The third-order valence-electron chi connectivity index (χ3n) is 4.59. The maximum Gasteiger partial charge on any atom is 0.211 e. The monoisotopic (exact) mass is 379 g/mol. The Morgan fingerprint density at radius 3 is 2.81 bits per heavy atom. The molecule has 0 radical (unpaired) electrons. The summed E-state index contributed by atoms with van der Waals surface area (Å²) in [5.41, 5.74) is 3.76. The molecule has 26 heavy (non-hydrogen) atoms. The Morgan fingerprint density at radius 1 is 1.31 bits per heavy atom. The second-order valence-corrected chi connectivity index (χ2v) is 8.89. The number of hydrogen-bond donors (Lipinski definition) is 2. The molecule has 1 aliphatic rings. The molecule has 1 aromatic heterocycles. The first-order chi connectivity index (χ1) is 12.2. The summed E-state index contributed by atoms with van der Waals surface area (Å²) in [7, 11) is -3.20. The van der Waals surface area contributed by atoms with Gasteiger partial charge in [-0.2, -0.15) is 4.31 Å². The lowest BCUT2D eigenvalue weighted by Crippen LogP contribution is -2.48. The summed E-state index contributed by atoms with van der Waals surface area (Å²) in [5.74, 6) is 0. The quantitative estimate of drug-likeness (QED) is 0.805. The molecule has 0 saturated carbocycles. The molecule has 3 rings (SSSR count). The van der Waals surface area contributed by atoms with E-state index in [4.69, 9.17) is 4.74 Å². The molecule has 0 aliphatic carbocycles. The molecule has 7 nitrogen and oxygen atoms in total. The highest BCUT2D eigenvalue weighted by molar-refractivity contribution is 7.88. The van der Waals surface area contributed by atoms with E-state index in [2.05, 4.69) is 10.3 Å². The summed E-state index contributed by atoms with van der Waals surface area (Å²) in [5, 5.41) is 3.95. The molecule has 0 bridgehead atoms. The van der Waals surface area contributed by atoms with E-state index in [1.807, 2.05) is 26.0 Å². The van der Waals surface area contributed by atoms with Crippen LogP contribution >= 0.6 is 0 Å². The molecule has 1 fully saturated rings. The average molecular weight is 379 g/mol. The van der Waals surface area contributed by atoms with Crippen molar-refractivity contribution in [3.63, 3.8) is 0 Å². The van der Waals surface area contributed by atoms with Gasteiger partial charge in [0.25, 0.3) is 0 Å². The summed E-state index contributed by atoms with van der Waals surface area (Å²) in [6, 6.07) is 5.55. The van der Waals surface area contributed by atoms with Crippen LogP contribution < -0.4 is 10.7 Å². The van der Waals surface area contributed by atoms with E-state index < -0.39 is 10.0 Å². The molecular weight excluding hydrogens is 354 g/mol. The van der Waals surface area contributed by atoms with Crippen molar-refractivity contribution in [2.75, 3.05) is 32.5 Å². The van der Waals surface area contributed by atoms with Gasteiger partial charge in [0, 0.05) is 43.3 Å². The fraction of sp³-hybridized carbons (Fsp3) is 0.500. The molecule has 2 heterocycles. The zero-order valence-electron chi connectivity index (χ0n) is 15.3. The minimum atomic E-state index is -3.20. The number of hydrogen-bond acceptors (Lipinski definition) is 5. The van der Waals surface area contributed by atoms with Crippen LogP contribution in [0.5, 0.6) is 0 Å². The summed E-state index contributed by atoms with van der Waals surface area (Å²) in [6.45, 7) is 6.09. The number of aromatic nitrogens is 1. The van der Waals surface area contributed by atoms with E-state index >= 15 is 0 Å². The normalized spacial score (nSPS) is 19.1. The predicted octanol–water partition coefficient (Wildman–Crippen LogP) is 0.895. The molecule has 142 valence electrons. The Hall–Kier alpha value is -1.74. The van der Waals surface area contributed by atoms with Gasteiger partial charge in [-0.15, -0.1) is 0 Å². The van der Waals surface area contributed by atoms with Crippen LogP contribution in [0.4, 0.5) is 0 Å². The minimum absolute atomic E-state index is 0.000446. The number of aryl methyl sites for hydroxylation is 2. The molecule has 1 atom stereocenters. The van der Waals surface area contributed by atoms with Crippen LogP contribution in [0, 0.1) is 13.8 Å². The van der Waals surface area contributed by atoms with Crippen molar-refractivity contribution in [2.24, 2.45) is 0 Å². The third-order valence-corrected chi connectivity index (χ3v) is 5.86. The van der Waals surface area contributed by atoms with Crippen molar-refractivity contribution in [3.05, 3.63) is 45.2 Å². The molecule has 0 spiro atoms. The van der Waals surface area contributed by atoms with E-state index in [0.717, 1.165) is 22.3 Å². The van der Waals surface area contributed by atoms with E-state index in [-0.39, 0.29) is 11.5 Å². The van der Waals surface area contributed by atoms with Gasteiger partial charge in [0.2, 0.25) is 10.0 Å². The van der Waals surface area contributed by atoms with Gasteiger partial charge in [-0.1, -0.05) is 6.07 Å². The van der Waals surface area contributed by atoms with Crippen molar-refractivity contribution in [2.45, 2.75) is 26.5 Å². The van der Waals surface area contributed by atoms with Crippen molar-refractivity contribution < 1.29 is 13.2 Å². The summed E-state index contributed by atoms with van der Waals surface area (Å²) in [4.78, 5) is 15.7. The Labute approximate surface area is 153 Å². The standard InChI is InChI=1S/C18H25N3O4S/c1-12-6-13(2)18-16(7-12)17(22)8-14(20-18)9-19-10-15-11-21(4-5-25-15)26(3,23)24/h6-8,15,19H,4-5,9-11H2,1-3H3,(H,20,22)/t15-/m0/s1. The zero-order chi connectivity index (χ0) is 18.9. The first kappa shape index (κ1) is 19.0. The SMILES string of the molecule is Cc1cc(C)c2[nH]c(CNC[C@H]3CN(S(C)(=O)=O)CCO3)cc(=O)c2c1. The zero-order valence-corrected chi connectivity index (χ0v) is 16.1. The van der Waals surface area contributed by atoms with Crippen molar-refractivity contribution in [1.29, 1.82) is 0 Å². The summed E-state index contributed by atoms with van der Waals surface area (Å²) in [6.07, 6.45) is 1.02. The van der Waals surface area contributed by atoms with E-state index in [1.54, 1.807) is 6.07 Å². The highest BCUT2D eigenvalue weighted by atomic mass is 32.2. The second-order valence-electron chi connectivity index (χ2n) is 6.91. The maximum atomic E-state index is 12.4. The smallest absolute Gasteiger partial charge is 0.211 e. The topological polar surface area (TPSA) is 91.5 Å². The number of aromatic amines is 1. The Morgan fingerprint density at radius 2 is 2.08 bits per heavy atom. The number of ether oxygens (including phenoxy) is 1. The van der Waals surface area contributed by atoms with Crippen LogP contribution in [0.25, 0.3) is 10.9 Å². The molecule has 0 unspecified atom stereocenters. The number of fused-ring (bicyclic) bond motifs is 1. The van der Waals surface area contributed by atoms with Crippen LogP contribution in [-0.4, -0.2) is 56.3 Å². The maximum absolute atomic E-state index is 12.4. The number of rotatable bonds is 5. The summed E-state index contributed by atoms with van der Waals surface area (Å²) >= 11 is 0. The van der Waals surface area contributed by atoms with Crippen LogP contribution in [0.1, 0.15) is 16.8 Å². The number of morpholine rings is 1. The van der Waals surface area contributed by atoms with Crippen LogP contribution in [0.2, 0.25) is 0 Å². The second kappa shape index (κ2) is 7.48. The van der Waals surface area contributed by atoms with Gasteiger partial charge in [0.1, 0.15) is 0 Å². The van der Waals surface area contributed by atoms with Gasteiger partial charge < -0.3 is 15.0 Å². The summed E-state index contributed by atoms with van der Waals surface area (Å²) < 4.78 is 30.4. The number of benzene rings is 1. The number of sulfonamides is 1. The molecule has 1 aromatic carbocycles. The molecule has 1 aliphatic heterocycles. The van der Waals surface area contributed by atoms with Crippen molar-refractivity contribution in [3.8, 4) is 0 Å². The van der Waals surface area contributed by atoms with E-state index in [9.17, 15) is 13.2 Å². The minimum Gasteiger partial charge on any atom is -0.374 e. The number of pyridine rings is 1. The third kappa shape index (κ3) is 4.32. The van der Waals surface area contributed by atoms with Crippen LogP contribution in [0.15, 0.2) is 23.0 Å². The molecule has 0 amide bonds. The molecule has 1 saturated heterocycles. The number of H-pyrrole nitrogens is 1. The van der Waals surface area contributed by atoms with Gasteiger partial charge in [-0.3, -0.25) is 4.79 Å². The highest BCUT2D eigenvalue weighted by Crippen LogP contribution is 2.16. The van der Waals surface area contributed by atoms with Gasteiger partial charge >= 0.3 is 0 Å². The fourth-order valence-corrected chi connectivity index (χ4v) is 4.18. The average Bonchev–Trinajstić information content (AvgIpc) is 2.55. The number of nitrogens with zero attached hydrogens (tertiary/aromatic N) is 1. The van der Waals surface area contributed by atoms with Gasteiger partial charge in [-0.25, -0.2) is 8.42 Å². The van der Waals surface area contributed by atoms with Gasteiger partial charge in [0.05, 0.1) is 24.5 Å². The molecular formula is C18H25N3O4S. The lowest BCUT2D eigenvalue weighted by molar-refractivity contribution is -0.000135. The van der Waals surface area contributed by atoms with Crippen molar-refractivity contribution >= 4 is 20.9 Å². The molecule has 2 N–H and O–H groups in total. The van der Waals surface area contributed by atoms with Gasteiger partial charge in [-0.05, 0) is 31.0 Å². The van der Waals surface area contributed by atoms with E-state index in [0.29, 0.717) is 38.2 Å². The fourth-order valence-electron chi connectivity index (χ4n) is 3.34. The Balaban J connectivity index is 1.66. The van der Waals surface area contributed by atoms with Crippen LogP contribution in [0.3, 0.4) is 0 Å².